The van der Waals surface area contributed by atoms with Gasteiger partial charge in [0.25, 0.3) is 0 Å². The molecule has 1 aliphatic rings. The average Bonchev–Trinajstić information content (AvgIpc) is 2.83. The van der Waals surface area contributed by atoms with Gasteiger partial charge in [-0.2, -0.15) is 0 Å². The molecule has 1 aliphatic carbocycles. The van der Waals surface area contributed by atoms with Crippen molar-refractivity contribution in [3.63, 3.8) is 0 Å². The van der Waals surface area contributed by atoms with Gasteiger partial charge in [0.15, 0.2) is 11.6 Å². The number of halogens is 2. The van der Waals surface area contributed by atoms with Crippen molar-refractivity contribution in [1.82, 2.24) is 10.2 Å². The summed E-state index contributed by atoms with van der Waals surface area (Å²) in [5.74, 6) is -3.32. The van der Waals surface area contributed by atoms with Crippen molar-refractivity contribution in [2.45, 2.75) is 64.6 Å². The number of benzene rings is 2. The van der Waals surface area contributed by atoms with E-state index < -0.39 is 40.2 Å². The summed E-state index contributed by atoms with van der Waals surface area (Å²) in [7, 11) is -4.03. The van der Waals surface area contributed by atoms with Gasteiger partial charge >= 0.3 is 0 Å². The summed E-state index contributed by atoms with van der Waals surface area (Å²) in [6.07, 6.45) is 5.83. The van der Waals surface area contributed by atoms with Crippen LogP contribution in [0.2, 0.25) is 0 Å². The van der Waals surface area contributed by atoms with Crippen molar-refractivity contribution in [3.05, 3.63) is 65.2 Å². The van der Waals surface area contributed by atoms with Crippen LogP contribution in [0.15, 0.2) is 42.5 Å². The van der Waals surface area contributed by atoms with Gasteiger partial charge in [-0.25, -0.2) is 17.2 Å². The van der Waals surface area contributed by atoms with E-state index in [2.05, 4.69) is 5.32 Å². The van der Waals surface area contributed by atoms with E-state index in [0.717, 1.165) is 67.7 Å². The number of carbonyl (C=O) groups is 2. The second-order valence-corrected chi connectivity index (χ2v) is 11.2. The van der Waals surface area contributed by atoms with Crippen LogP contribution in [0.5, 0.6) is 0 Å². The van der Waals surface area contributed by atoms with Gasteiger partial charge in [-0.05, 0) is 49.9 Å². The number of nitrogens with one attached hydrogen (secondary N) is 1. The van der Waals surface area contributed by atoms with Crippen LogP contribution in [0.1, 0.15) is 50.2 Å². The Morgan fingerprint density at radius 2 is 1.72 bits per heavy atom. The number of carbonyl (C=O) groups excluding carboxylic acids is 2. The molecule has 36 heavy (non-hydrogen) atoms. The summed E-state index contributed by atoms with van der Waals surface area (Å²) in [4.78, 5) is 28.0. The highest BCUT2D eigenvalue weighted by Crippen LogP contribution is 2.22. The first-order chi connectivity index (χ1) is 17.0. The minimum absolute atomic E-state index is 0.0406. The average molecular weight is 522 g/mol. The van der Waals surface area contributed by atoms with E-state index in [0.29, 0.717) is 4.31 Å². The van der Waals surface area contributed by atoms with Crippen LogP contribution in [-0.4, -0.2) is 50.0 Å². The first kappa shape index (κ1) is 27.6. The Labute approximate surface area is 211 Å². The van der Waals surface area contributed by atoms with Crippen molar-refractivity contribution >= 4 is 27.5 Å². The van der Waals surface area contributed by atoms with Gasteiger partial charge in [-0.1, -0.05) is 43.5 Å². The van der Waals surface area contributed by atoms with E-state index in [1.807, 2.05) is 31.2 Å². The lowest BCUT2D eigenvalue weighted by Crippen LogP contribution is -2.53. The molecule has 0 saturated heterocycles. The molecule has 1 atom stereocenters. The molecule has 0 heterocycles. The quantitative estimate of drug-likeness (QED) is 0.542. The van der Waals surface area contributed by atoms with Crippen molar-refractivity contribution < 1.29 is 26.8 Å². The first-order valence-electron chi connectivity index (χ1n) is 12.0. The van der Waals surface area contributed by atoms with Gasteiger partial charge in [0.05, 0.1) is 11.9 Å². The molecular weight excluding hydrogens is 488 g/mol. The predicted molar refractivity (Wildman–Crippen MR) is 135 cm³/mol. The van der Waals surface area contributed by atoms with Gasteiger partial charge < -0.3 is 10.2 Å². The third-order valence-corrected chi connectivity index (χ3v) is 7.73. The Morgan fingerprint density at radius 3 is 2.33 bits per heavy atom. The molecule has 10 heteroatoms. The van der Waals surface area contributed by atoms with E-state index in [9.17, 15) is 26.8 Å². The number of anilines is 1. The van der Waals surface area contributed by atoms with Crippen LogP contribution in [0.4, 0.5) is 14.5 Å². The molecule has 2 amide bonds. The van der Waals surface area contributed by atoms with Gasteiger partial charge in [0, 0.05) is 18.7 Å². The largest absolute Gasteiger partial charge is 0.352 e. The van der Waals surface area contributed by atoms with Gasteiger partial charge in [0.1, 0.15) is 12.6 Å². The topological polar surface area (TPSA) is 86.8 Å². The minimum atomic E-state index is -4.03. The number of hydrogen-bond donors (Lipinski definition) is 1. The molecule has 0 spiro atoms. The van der Waals surface area contributed by atoms with Gasteiger partial charge in [-0.15, -0.1) is 0 Å². The van der Waals surface area contributed by atoms with E-state index in [4.69, 9.17) is 0 Å². The molecule has 0 unspecified atom stereocenters. The fourth-order valence-electron chi connectivity index (χ4n) is 4.38. The summed E-state index contributed by atoms with van der Waals surface area (Å²) in [5.41, 5.74) is 1.54. The summed E-state index contributed by atoms with van der Waals surface area (Å²) in [6, 6.07) is 9.19. The fourth-order valence-corrected chi connectivity index (χ4v) is 5.22. The van der Waals surface area contributed by atoms with E-state index >= 15 is 0 Å². The van der Waals surface area contributed by atoms with Crippen molar-refractivity contribution in [2.24, 2.45) is 0 Å². The fraction of sp³-hybridized carbons (Fsp3) is 0.462. The number of nitrogens with zero attached hydrogens (tertiary/aromatic N) is 2. The molecule has 7 nitrogen and oxygen atoms in total. The molecule has 0 bridgehead atoms. The van der Waals surface area contributed by atoms with E-state index in [1.54, 1.807) is 6.92 Å². The lowest BCUT2D eigenvalue weighted by Gasteiger charge is -2.33. The lowest BCUT2D eigenvalue weighted by molar-refractivity contribution is -0.139. The Bertz CT molecular complexity index is 1200. The molecule has 0 aliphatic heterocycles. The number of amides is 2. The minimum Gasteiger partial charge on any atom is -0.352 e. The molecule has 1 saturated carbocycles. The van der Waals surface area contributed by atoms with E-state index in [-0.39, 0.29) is 24.2 Å². The monoisotopic (exact) mass is 521 g/mol. The molecule has 0 aromatic heterocycles. The highest BCUT2D eigenvalue weighted by atomic mass is 32.2. The Morgan fingerprint density at radius 1 is 1.06 bits per heavy atom. The normalized spacial score (nSPS) is 15.2. The molecule has 1 fully saturated rings. The standard InChI is InChI=1S/C26H33F2N3O4S/c1-18-9-7-8-10-20(18)16-30(19(2)26(33)29-21-11-5-4-6-12-21)25(32)17-31(36(3,34)35)22-13-14-23(27)24(28)15-22/h7-10,13-15,19,21H,4-6,11-12,16-17H2,1-3H3,(H,29,33)/t19-/m0/s1. The Hall–Kier alpha value is -3.01. The Balaban J connectivity index is 1.89. The summed E-state index contributed by atoms with van der Waals surface area (Å²) in [5, 5.41) is 3.03. The summed E-state index contributed by atoms with van der Waals surface area (Å²) < 4.78 is 53.1. The molecule has 196 valence electrons. The third-order valence-electron chi connectivity index (χ3n) is 6.59. The maximum absolute atomic E-state index is 13.9. The molecule has 2 aromatic carbocycles. The zero-order valence-electron chi connectivity index (χ0n) is 20.8. The zero-order valence-corrected chi connectivity index (χ0v) is 21.7. The van der Waals surface area contributed by atoms with E-state index in [1.165, 1.54) is 4.90 Å². The van der Waals surface area contributed by atoms with Crippen molar-refractivity contribution in [2.75, 3.05) is 17.1 Å². The molecule has 2 aromatic rings. The lowest BCUT2D eigenvalue weighted by atomic mass is 9.95. The van der Waals surface area contributed by atoms with Crippen LogP contribution in [0.3, 0.4) is 0 Å². The molecule has 3 rings (SSSR count). The highest BCUT2D eigenvalue weighted by molar-refractivity contribution is 7.92. The first-order valence-corrected chi connectivity index (χ1v) is 13.9. The number of hydrogen-bond acceptors (Lipinski definition) is 4. The van der Waals surface area contributed by atoms with Crippen LogP contribution in [0.25, 0.3) is 0 Å². The summed E-state index contributed by atoms with van der Waals surface area (Å²) in [6.45, 7) is 2.91. The zero-order chi connectivity index (χ0) is 26.5. The Kier molecular flexibility index (Phi) is 9.05. The predicted octanol–water partition coefficient (Wildman–Crippen LogP) is 3.91. The highest BCUT2D eigenvalue weighted by Gasteiger charge is 2.31. The molecule has 0 radical (unpaired) electrons. The second kappa shape index (κ2) is 11.8. The number of sulfonamides is 1. The smallest absolute Gasteiger partial charge is 0.244 e. The molecular formula is C26H33F2N3O4S. The van der Waals surface area contributed by atoms with Crippen LogP contribution < -0.4 is 9.62 Å². The van der Waals surface area contributed by atoms with Crippen molar-refractivity contribution in [1.29, 1.82) is 0 Å². The van der Waals surface area contributed by atoms with Crippen LogP contribution in [-0.2, 0) is 26.2 Å². The van der Waals surface area contributed by atoms with Crippen LogP contribution in [0, 0.1) is 18.6 Å². The van der Waals surface area contributed by atoms with Gasteiger partial charge in [0.2, 0.25) is 21.8 Å². The second-order valence-electron chi connectivity index (χ2n) is 9.34. The van der Waals surface area contributed by atoms with Crippen LogP contribution >= 0.6 is 0 Å². The SMILES string of the molecule is Cc1ccccc1CN(C(=O)CN(c1ccc(F)c(F)c1)S(C)(=O)=O)[C@@H](C)C(=O)NC1CCCCC1. The maximum atomic E-state index is 13.9. The van der Waals surface area contributed by atoms with Gasteiger partial charge in [-0.3, -0.25) is 13.9 Å². The molecule has 1 N–H and O–H groups in total. The number of rotatable bonds is 9. The number of aryl methyl sites for hydroxylation is 1. The third kappa shape index (κ3) is 7.02. The van der Waals surface area contributed by atoms with Crippen molar-refractivity contribution in [3.8, 4) is 0 Å². The summed E-state index contributed by atoms with van der Waals surface area (Å²) >= 11 is 0. The maximum Gasteiger partial charge on any atom is 0.244 e.